The average Bonchev–Trinajstić information content (AvgIpc) is 1.98. The van der Waals surface area contributed by atoms with E-state index in [2.05, 4.69) is 0 Å². The van der Waals surface area contributed by atoms with E-state index in [1.165, 1.54) is 0 Å². The van der Waals surface area contributed by atoms with Crippen LogP contribution in [-0.4, -0.2) is 21.3 Å². The highest BCUT2D eigenvalue weighted by Gasteiger charge is 2.73. The van der Waals surface area contributed by atoms with Crippen molar-refractivity contribution in [2.24, 2.45) is 0 Å². The molecule has 0 saturated heterocycles. The second kappa shape index (κ2) is 5.74. The van der Waals surface area contributed by atoms with Crippen molar-refractivity contribution in [3.63, 3.8) is 0 Å². The molecule has 1 radical (unpaired) electrons. The highest BCUT2D eigenvalue weighted by molar-refractivity contribution is 6.81. The zero-order valence-electron chi connectivity index (χ0n) is 7.07. The summed E-state index contributed by atoms with van der Waals surface area (Å²) in [5.74, 6) is 0. The van der Waals surface area contributed by atoms with Gasteiger partial charge in [-0.15, -0.1) is 0 Å². The Labute approximate surface area is 152 Å². The molecule has 0 aromatic carbocycles. The van der Waals surface area contributed by atoms with Crippen molar-refractivity contribution in [1.29, 1.82) is 0 Å². The number of hydrogen-bond donors (Lipinski definition) is 0. The lowest BCUT2D eigenvalue weighted by molar-refractivity contribution is 0.0990. The molecule has 0 N–H and O–H groups in total. The van der Waals surface area contributed by atoms with E-state index in [9.17, 15) is 5.11 Å². The van der Waals surface area contributed by atoms with Crippen LogP contribution in [0.2, 0.25) is 0 Å². The molecule has 12 heteroatoms. The Morgan fingerprint density at radius 2 is 0.765 bits per heavy atom. The fraction of sp³-hybridized carbons (Fsp3) is 1.00. The van der Waals surface area contributed by atoms with Gasteiger partial charge in [-0.2, -0.15) is 5.11 Å². The predicted octanol–water partition coefficient (Wildman–Crippen LogP) is 6.44. The maximum atomic E-state index is 11.4. The number of alkyl halides is 11. The highest BCUT2D eigenvalue weighted by atomic mass is 35.6. The van der Waals surface area contributed by atoms with Crippen molar-refractivity contribution in [1.82, 2.24) is 0 Å². The Balaban J connectivity index is 5.73. The van der Waals surface area contributed by atoms with E-state index in [4.69, 9.17) is 128 Å². The van der Waals surface area contributed by atoms with Gasteiger partial charge in [-0.25, -0.2) is 0 Å². The maximum Gasteiger partial charge on any atom is 0.286 e. The monoisotopic (exact) mass is 461 g/mol. The second-order valence-electron chi connectivity index (χ2n) is 2.74. The van der Waals surface area contributed by atoms with Crippen LogP contribution in [0.4, 0.5) is 0 Å². The summed E-state index contributed by atoms with van der Waals surface area (Å²) in [7, 11) is 0. The van der Waals surface area contributed by atoms with Crippen LogP contribution in [-0.2, 0) is 5.11 Å². The minimum Gasteiger partial charge on any atom is -0.190 e. The minimum atomic E-state index is -3.08. The predicted molar refractivity (Wildman–Crippen MR) is 78.7 cm³/mol. The van der Waals surface area contributed by atoms with E-state index in [0.29, 0.717) is 0 Å². The third kappa shape index (κ3) is 3.67. The Kier molecular flexibility index (Phi) is 6.80. The van der Waals surface area contributed by atoms with E-state index < -0.39 is 21.3 Å². The van der Waals surface area contributed by atoms with Crippen LogP contribution in [0.3, 0.4) is 0 Å². The Morgan fingerprint density at radius 1 is 0.471 bits per heavy atom. The number of hydrogen-bond acceptors (Lipinski definition) is 0. The van der Waals surface area contributed by atoms with Crippen molar-refractivity contribution >= 4 is 128 Å². The van der Waals surface area contributed by atoms with Crippen LogP contribution in [0.1, 0.15) is 0 Å². The molecule has 103 valence electrons. The molecule has 0 aliphatic carbocycles. The van der Waals surface area contributed by atoms with Crippen LogP contribution in [0.5, 0.6) is 0 Å². The summed E-state index contributed by atoms with van der Waals surface area (Å²) in [6.07, 6.45) is 0. The van der Waals surface area contributed by atoms with Crippen LogP contribution >= 0.6 is 128 Å². The molecule has 0 aliphatic rings. The first kappa shape index (κ1) is 20.1. The van der Waals surface area contributed by atoms with Gasteiger partial charge in [-0.3, -0.25) is 0 Å². The molecule has 17 heavy (non-hydrogen) atoms. The van der Waals surface area contributed by atoms with Gasteiger partial charge < -0.3 is 0 Å². The number of halogens is 11. The zero-order chi connectivity index (χ0) is 14.5. The van der Waals surface area contributed by atoms with Crippen molar-refractivity contribution in [3.8, 4) is 0 Å². The van der Waals surface area contributed by atoms with Gasteiger partial charge in [0.1, 0.15) is 0 Å². The summed E-state index contributed by atoms with van der Waals surface area (Å²) >= 11 is 60.7. The summed E-state index contributed by atoms with van der Waals surface area (Å²) in [5.41, 5.74) is 0. The van der Waals surface area contributed by atoms with Gasteiger partial charge in [-0.1, -0.05) is 128 Å². The van der Waals surface area contributed by atoms with Gasteiger partial charge in [0.05, 0.1) is 0 Å². The van der Waals surface area contributed by atoms with Gasteiger partial charge in [0.25, 0.3) is 4.52 Å². The Morgan fingerprint density at radius 3 is 0.941 bits per heavy atom. The highest BCUT2D eigenvalue weighted by Crippen LogP contribution is 2.65. The number of rotatable bonds is 3. The Bertz CT molecular complexity index is 255. The van der Waals surface area contributed by atoms with E-state index in [1.807, 2.05) is 0 Å². The molecule has 0 spiro atoms. The first-order valence-electron chi connectivity index (χ1n) is 3.28. The molecule has 0 aliphatic heterocycles. The summed E-state index contributed by atoms with van der Waals surface area (Å²) in [4.78, 5) is 0. The summed E-state index contributed by atoms with van der Waals surface area (Å²) in [6, 6.07) is 0. The minimum absolute atomic E-state index is 2.44. The summed E-state index contributed by atoms with van der Waals surface area (Å²) in [6.45, 7) is 0. The zero-order valence-corrected chi connectivity index (χ0v) is 15.4. The third-order valence-electron chi connectivity index (χ3n) is 1.51. The maximum absolute atomic E-state index is 11.4. The molecule has 1 nitrogen and oxygen atoms in total. The third-order valence-corrected chi connectivity index (χ3v) is 8.04. The quantitative estimate of drug-likeness (QED) is 0.427. The molecule has 0 fully saturated rings. The van der Waals surface area contributed by atoms with Crippen molar-refractivity contribution < 1.29 is 5.11 Å². The summed E-state index contributed by atoms with van der Waals surface area (Å²) in [5, 5.41) is 11.4. The van der Waals surface area contributed by atoms with Crippen molar-refractivity contribution in [2.45, 2.75) is 21.3 Å². The smallest absolute Gasteiger partial charge is 0.190 e. The fourth-order valence-electron chi connectivity index (χ4n) is 0.558. The van der Waals surface area contributed by atoms with Crippen LogP contribution in [0, 0.1) is 0 Å². The molecule has 0 bridgehead atoms. The molecule has 0 amide bonds. The van der Waals surface area contributed by atoms with E-state index in [0.717, 1.165) is 0 Å². The van der Waals surface area contributed by atoms with Crippen molar-refractivity contribution in [3.05, 3.63) is 0 Å². The second-order valence-corrected chi connectivity index (χ2v) is 10.3. The van der Waals surface area contributed by atoms with Crippen LogP contribution < -0.4 is 0 Å². The molecule has 0 unspecified atom stereocenters. The summed E-state index contributed by atoms with van der Waals surface area (Å²) < 4.78 is -13.6. The standard InChI is InChI=1S/C5Cl11O/c6-1(7,2(8,9)4(12,13)14)3(10,11)5(15,16)17. The lowest BCUT2D eigenvalue weighted by Crippen LogP contribution is -2.61. The molecule has 0 saturated carbocycles. The van der Waals surface area contributed by atoms with E-state index in [-0.39, 0.29) is 0 Å². The molecule has 0 heterocycles. The first-order chi connectivity index (χ1) is 7.00. The topological polar surface area (TPSA) is 19.9 Å². The SMILES string of the molecule is [O]C(Cl)(Cl)C(Cl)(Cl)C(Cl)(Cl)C(Cl)(Cl)C(Cl)(Cl)Cl. The molecular weight excluding hydrogens is 466 g/mol. The lowest BCUT2D eigenvalue weighted by atomic mass is 10.2. The molecule has 0 atom stereocenters. The Hall–Kier alpha value is 3.15. The van der Waals surface area contributed by atoms with Crippen LogP contribution in [0.25, 0.3) is 0 Å². The van der Waals surface area contributed by atoms with Gasteiger partial charge in [0, 0.05) is 0 Å². The van der Waals surface area contributed by atoms with E-state index in [1.54, 1.807) is 0 Å². The van der Waals surface area contributed by atoms with Crippen molar-refractivity contribution in [2.75, 3.05) is 0 Å². The molecule has 0 aromatic heterocycles. The molecular formula is C5Cl11O. The van der Waals surface area contributed by atoms with Gasteiger partial charge in [-0.05, 0) is 0 Å². The normalized spacial score (nSPS) is 16.2. The first-order valence-corrected chi connectivity index (χ1v) is 7.44. The van der Waals surface area contributed by atoms with Gasteiger partial charge >= 0.3 is 0 Å². The van der Waals surface area contributed by atoms with E-state index >= 15 is 0 Å². The molecule has 0 aromatic rings. The van der Waals surface area contributed by atoms with Gasteiger partial charge in [0.15, 0.2) is 4.33 Å². The molecule has 0 rings (SSSR count). The lowest BCUT2D eigenvalue weighted by Gasteiger charge is -2.45. The fourth-order valence-corrected chi connectivity index (χ4v) is 3.06. The largest absolute Gasteiger partial charge is 0.286 e. The average molecular weight is 466 g/mol. The van der Waals surface area contributed by atoms with Gasteiger partial charge in [0.2, 0.25) is 12.5 Å². The van der Waals surface area contributed by atoms with Crippen LogP contribution in [0.15, 0.2) is 0 Å².